The molecule has 0 aromatic heterocycles. The lowest BCUT2D eigenvalue weighted by atomic mass is 10.2. The van der Waals surface area contributed by atoms with Gasteiger partial charge >= 0.3 is 0 Å². The summed E-state index contributed by atoms with van der Waals surface area (Å²) in [5.41, 5.74) is 1.04. The summed E-state index contributed by atoms with van der Waals surface area (Å²) in [5.74, 6) is -0.421. The van der Waals surface area contributed by atoms with Gasteiger partial charge in [-0.15, -0.1) is 0 Å². The van der Waals surface area contributed by atoms with Crippen molar-refractivity contribution in [3.63, 3.8) is 0 Å². The van der Waals surface area contributed by atoms with Gasteiger partial charge in [-0.3, -0.25) is 9.59 Å². The van der Waals surface area contributed by atoms with E-state index in [0.29, 0.717) is 34.3 Å². The zero-order chi connectivity index (χ0) is 15.9. The van der Waals surface area contributed by atoms with E-state index >= 15 is 0 Å². The highest BCUT2D eigenvalue weighted by molar-refractivity contribution is 6.31. The minimum absolute atomic E-state index is 0.211. The summed E-state index contributed by atoms with van der Waals surface area (Å²) < 4.78 is 0. The van der Waals surface area contributed by atoms with E-state index in [-0.39, 0.29) is 11.8 Å². The summed E-state index contributed by atoms with van der Waals surface area (Å²) in [6, 6.07) is 13.2. The summed E-state index contributed by atoms with van der Waals surface area (Å²) in [7, 11) is 0. The number of benzene rings is 2. The lowest BCUT2D eigenvalue weighted by Crippen LogP contribution is -2.34. The van der Waals surface area contributed by atoms with Gasteiger partial charge in [-0.05, 0) is 48.5 Å². The Balaban J connectivity index is 1.74. The minimum atomic E-state index is -0.211. The van der Waals surface area contributed by atoms with Crippen molar-refractivity contribution in [1.29, 1.82) is 0 Å². The molecule has 2 rings (SSSR count). The molecule has 0 aliphatic carbocycles. The van der Waals surface area contributed by atoms with Crippen molar-refractivity contribution in [2.75, 3.05) is 13.1 Å². The molecule has 0 unspecified atom stereocenters. The van der Waals surface area contributed by atoms with Gasteiger partial charge in [0.05, 0.1) is 0 Å². The average Bonchev–Trinajstić information content (AvgIpc) is 2.52. The Labute approximate surface area is 138 Å². The zero-order valence-corrected chi connectivity index (χ0v) is 13.1. The second kappa shape index (κ2) is 7.82. The molecular weight excluding hydrogens is 323 g/mol. The minimum Gasteiger partial charge on any atom is -0.350 e. The third kappa shape index (κ3) is 4.76. The van der Waals surface area contributed by atoms with Crippen LogP contribution in [0.25, 0.3) is 0 Å². The molecule has 4 nitrogen and oxygen atoms in total. The number of nitrogens with one attached hydrogen (secondary N) is 2. The van der Waals surface area contributed by atoms with Gasteiger partial charge in [0, 0.05) is 34.3 Å². The van der Waals surface area contributed by atoms with E-state index in [1.165, 1.54) is 0 Å². The van der Waals surface area contributed by atoms with Gasteiger partial charge in [0.1, 0.15) is 0 Å². The Bertz CT molecular complexity index is 595. The SMILES string of the molecule is O=C(NCCNC(=O)c1ccc(Cl)cc1)c1ccc(Cl)cc1. The smallest absolute Gasteiger partial charge is 0.251 e. The Morgan fingerprint density at radius 2 is 1.00 bits per heavy atom. The molecule has 22 heavy (non-hydrogen) atoms. The Morgan fingerprint density at radius 3 is 1.32 bits per heavy atom. The predicted octanol–water partition coefficient (Wildman–Crippen LogP) is 3.15. The van der Waals surface area contributed by atoms with Crippen LogP contribution in [-0.4, -0.2) is 24.9 Å². The highest BCUT2D eigenvalue weighted by atomic mass is 35.5. The van der Waals surface area contributed by atoms with Gasteiger partial charge in [0.2, 0.25) is 0 Å². The third-order valence-corrected chi connectivity index (χ3v) is 3.41. The number of rotatable bonds is 5. The summed E-state index contributed by atoms with van der Waals surface area (Å²) in [6.45, 7) is 0.668. The van der Waals surface area contributed by atoms with E-state index in [1.54, 1.807) is 48.5 Å². The molecule has 0 spiro atoms. The maximum atomic E-state index is 11.8. The molecule has 2 amide bonds. The van der Waals surface area contributed by atoms with E-state index in [9.17, 15) is 9.59 Å². The molecule has 0 aliphatic heterocycles. The third-order valence-electron chi connectivity index (χ3n) is 2.91. The largest absolute Gasteiger partial charge is 0.350 e. The van der Waals surface area contributed by atoms with Gasteiger partial charge < -0.3 is 10.6 Å². The quantitative estimate of drug-likeness (QED) is 0.824. The first kappa shape index (κ1) is 16.3. The molecule has 0 atom stereocenters. The summed E-state index contributed by atoms with van der Waals surface area (Å²) >= 11 is 11.5. The van der Waals surface area contributed by atoms with Crippen molar-refractivity contribution in [3.05, 3.63) is 69.7 Å². The lowest BCUT2D eigenvalue weighted by Gasteiger charge is -2.07. The van der Waals surface area contributed by atoms with Crippen LogP contribution in [0.1, 0.15) is 20.7 Å². The highest BCUT2D eigenvalue weighted by Crippen LogP contribution is 2.10. The van der Waals surface area contributed by atoms with Gasteiger partial charge in [0.25, 0.3) is 11.8 Å². The molecule has 2 N–H and O–H groups in total. The van der Waals surface area contributed by atoms with Gasteiger partial charge in [0.15, 0.2) is 0 Å². The Kier molecular flexibility index (Phi) is 5.81. The maximum absolute atomic E-state index is 11.8. The molecular formula is C16H14Cl2N2O2. The fourth-order valence-electron chi connectivity index (χ4n) is 1.76. The lowest BCUT2D eigenvalue weighted by molar-refractivity contribution is 0.0927. The zero-order valence-electron chi connectivity index (χ0n) is 11.6. The molecule has 0 saturated heterocycles. The van der Waals surface area contributed by atoms with Crippen LogP contribution in [0.15, 0.2) is 48.5 Å². The van der Waals surface area contributed by atoms with Crippen LogP contribution in [0.2, 0.25) is 10.0 Å². The van der Waals surface area contributed by atoms with Gasteiger partial charge in [-0.2, -0.15) is 0 Å². The number of hydrogen-bond acceptors (Lipinski definition) is 2. The maximum Gasteiger partial charge on any atom is 0.251 e. The Hall–Kier alpha value is -2.04. The molecule has 2 aromatic carbocycles. The normalized spacial score (nSPS) is 10.1. The molecule has 0 saturated carbocycles. The first-order chi connectivity index (χ1) is 10.6. The summed E-state index contributed by atoms with van der Waals surface area (Å²) in [5, 5.41) is 6.58. The topological polar surface area (TPSA) is 58.2 Å². The molecule has 0 aliphatic rings. The number of amides is 2. The molecule has 0 radical (unpaired) electrons. The van der Waals surface area contributed by atoms with Crippen molar-refractivity contribution in [2.24, 2.45) is 0 Å². The fourth-order valence-corrected chi connectivity index (χ4v) is 2.01. The van der Waals surface area contributed by atoms with Crippen molar-refractivity contribution >= 4 is 35.0 Å². The van der Waals surface area contributed by atoms with Crippen LogP contribution in [-0.2, 0) is 0 Å². The Morgan fingerprint density at radius 1 is 0.682 bits per heavy atom. The van der Waals surface area contributed by atoms with E-state index in [0.717, 1.165) is 0 Å². The first-order valence-electron chi connectivity index (χ1n) is 6.64. The highest BCUT2D eigenvalue weighted by Gasteiger charge is 2.06. The summed E-state index contributed by atoms with van der Waals surface area (Å²) in [4.78, 5) is 23.7. The van der Waals surface area contributed by atoms with Crippen molar-refractivity contribution in [1.82, 2.24) is 10.6 Å². The summed E-state index contributed by atoms with van der Waals surface area (Å²) in [6.07, 6.45) is 0. The van der Waals surface area contributed by atoms with E-state index in [2.05, 4.69) is 10.6 Å². The molecule has 114 valence electrons. The van der Waals surface area contributed by atoms with Gasteiger partial charge in [-0.25, -0.2) is 0 Å². The van der Waals surface area contributed by atoms with Crippen LogP contribution in [0, 0.1) is 0 Å². The number of hydrogen-bond donors (Lipinski definition) is 2. The van der Waals surface area contributed by atoms with E-state index in [4.69, 9.17) is 23.2 Å². The molecule has 0 heterocycles. The van der Waals surface area contributed by atoms with Crippen LogP contribution >= 0.6 is 23.2 Å². The molecule has 2 aromatic rings. The molecule has 6 heteroatoms. The fraction of sp³-hybridized carbons (Fsp3) is 0.125. The second-order valence-electron chi connectivity index (χ2n) is 4.53. The predicted molar refractivity (Wildman–Crippen MR) is 87.6 cm³/mol. The number of halogens is 2. The average molecular weight is 337 g/mol. The van der Waals surface area contributed by atoms with Crippen molar-refractivity contribution in [2.45, 2.75) is 0 Å². The van der Waals surface area contributed by atoms with Crippen LogP contribution in [0.4, 0.5) is 0 Å². The van der Waals surface area contributed by atoms with Gasteiger partial charge in [-0.1, -0.05) is 23.2 Å². The second-order valence-corrected chi connectivity index (χ2v) is 5.40. The number of carbonyl (C=O) groups is 2. The van der Waals surface area contributed by atoms with Crippen molar-refractivity contribution < 1.29 is 9.59 Å². The van der Waals surface area contributed by atoms with E-state index < -0.39 is 0 Å². The van der Waals surface area contributed by atoms with E-state index in [1.807, 2.05) is 0 Å². The monoisotopic (exact) mass is 336 g/mol. The molecule has 0 bridgehead atoms. The van der Waals surface area contributed by atoms with Crippen molar-refractivity contribution in [3.8, 4) is 0 Å². The standard InChI is InChI=1S/C16H14Cl2N2O2/c17-13-5-1-11(2-6-13)15(21)19-9-10-20-16(22)12-3-7-14(18)8-4-12/h1-8H,9-10H2,(H,19,21)(H,20,22). The van der Waals surface area contributed by atoms with Crippen LogP contribution in [0.3, 0.4) is 0 Å². The molecule has 0 fully saturated rings. The first-order valence-corrected chi connectivity index (χ1v) is 7.39. The van der Waals surface area contributed by atoms with Crippen LogP contribution in [0.5, 0.6) is 0 Å². The number of carbonyl (C=O) groups excluding carboxylic acids is 2. The van der Waals surface area contributed by atoms with Crippen LogP contribution < -0.4 is 10.6 Å².